The second kappa shape index (κ2) is 6.47. The Bertz CT molecular complexity index is 386. The number of anilines is 1. The summed E-state index contributed by atoms with van der Waals surface area (Å²) >= 11 is 0. The van der Waals surface area contributed by atoms with E-state index in [4.69, 9.17) is 4.74 Å². The predicted octanol–water partition coefficient (Wildman–Crippen LogP) is 1.10. The average molecular weight is 249 g/mol. The zero-order chi connectivity index (χ0) is 12.8. The van der Waals surface area contributed by atoms with Crippen molar-refractivity contribution in [1.82, 2.24) is 10.3 Å². The lowest BCUT2D eigenvalue weighted by Crippen LogP contribution is -2.39. The smallest absolute Gasteiger partial charge is 0.239 e. The van der Waals surface area contributed by atoms with E-state index in [1.807, 2.05) is 19.1 Å². The zero-order valence-corrected chi connectivity index (χ0v) is 10.6. The lowest BCUT2D eigenvalue weighted by molar-refractivity contribution is -0.115. The third kappa shape index (κ3) is 4.09. The summed E-state index contributed by atoms with van der Waals surface area (Å²) in [6, 6.07) is 4.12. The summed E-state index contributed by atoms with van der Waals surface area (Å²) < 4.78 is 5.26. The van der Waals surface area contributed by atoms with Gasteiger partial charge in [-0.2, -0.15) is 0 Å². The number of aryl methyl sites for hydroxylation is 1. The molecule has 18 heavy (non-hydrogen) atoms. The molecule has 1 aromatic heterocycles. The molecule has 1 fully saturated rings. The third-order valence-corrected chi connectivity index (χ3v) is 2.95. The largest absolute Gasteiger partial charge is 0.381 e. The van der Waals surface area contributed by atoms with E-state index in [0.29, 0.717) is 18.4 Å². The van der Waals surface area contributed by atoms with Gasteiger partial charge in [0.05, 0.1) is 6.54 Å². The molecule has 0 radical (unpaired) electrons. The van der Waals surface area contributed by atoms with Gasteiger partial charge in [-0.1, -0.05) is 6.07 Å². The Kier molecular flexibility index (Phi) is 4.66. The van der Waals surface area contributed by atoms with Gasteiger partial charge in [-0.3, -0.25) is 4.79 Å². The maximum atomic E-state index is 11.7. The van der Waals surface area contributed by atoms with E-state index in [2.05, 4.69) is 15.6 Å². The van der Waals surface area contributed by atoms with Crippen molar-refractivity contribution in [1.29, 1.82) is 0 Å². The van der Waals surface area contributed by atoms with Crippen LogP contribution < -0.4 is 10.6 Å². The van der Waals surface area contributed by atoms with Crippen molar-refractivity contribution in [3.63, 3.8) is 0 Å². The van der Waals surface area contributed by atoms with Crippen molar-refractivity contribution in [2.24, 2.45) is 0 Å². The van der Waals surface area contributed by atoms with Crippen LogP contribution in [0.4, 0.5) is 5.82 Å². The standard InChI is InChI=1S/C13H19N3O2/c1-10-2-3-12(15-8-10)16-13(17)9-14-11-4-6-18-7-5-11/h2-3,8,11,14H,4-7,9H2,1H3,(H,15,16,17). The van der Waals surface area contributed by atoms with Gasteiger partial charge in [0.25, 0.3) is 0 Å². The normalized spacial score (nSPS) is 16.5. The van der Waals surface area contributed by atoms with Gasteiger partial charge in [-0.05, 0) is 31.4 Å². The van der Waals surface area contributed by atoms with E-state index in [-0.39, 0.29) is 5.91 Å². The van der Waals surface area contributed by atoms with Crippen LogP contribution in [0.3, 0.4) is 0 Å². The van der Waals surface area contributed by atoms with Gasteiger partial charge in [0, 0.05) is 25.5 Å². The lowest BCUT2D eigenvalue weighted by Gasteiger charge is -2.22. The van der Waals surface area contributed by atoms with Gasteiger partial charge in [0.1, 0.15) is 5.82 Å². The molecule has 2 N–H and O–H groups in total. The van der Waals surface area contributed by atoms with Crippen molar-refractivity contribution < 1.29 is 9.53 Å². The van der Waals surface area contributed by atoms with E-state index < -0.39 is 0 Å². The van der Waals surface area contributed by atoms with Gasteiger partial charge in [0.2, 0.25) is 5.91 Å². The Balaban J connectivity index is 1.73. The van der Waals surface area contributed by atoms with Gasteiger partial charge < -0.3 is 15.4 Å². The number of rotatable bonds is 4. The molecule has 1 saturated heterocycles. The Morgan fingerprint density at radius 2 is 2.22 bits per heavy atom. The molecule has 98 valence electrons. The number of carbonyl (C=O) groups excluding carboxylic acids is 1. The molecule has 1 aromatic rings. The molecule has 0 unspecified atom stereocenters. The maximum Gasteiger partial charge on any atom is 0.239 e. The molecule has 5 heteroatoms. The van der Waals surface area contributed by atoms with Crippen molar-refractivity contribution in [2.75, 3.05) is 25.1 Å². The summed E-state index contributed by atoms with van der Waals surface area (Å²) in [5.74, 6) is 0.539. The number of nitrogens with one attached hydrogen (secondary N) is 2. The van der Waals surface area contributed by atoms with Crippen molar-refractivity contribution in [3.8, 4) is 0 Å². The van der Waals surface area contributed by atoms with Crippen LogP contribution >= 0.6 is 0 Å². The maximum absolute atomic E-state index is 11.7. The summed E-state index contributed by atoms with van der Waals surface area (Å²) in [5.41, 5.74) is 1.08. The number of pyridine rings is 1. The predicted molar refractivity (Wildman–Crippen MR) is 69.4 cm³/mol. The van der Waals surface area contributed by atoms with Crippen LogP contribution in [0.1, 0.15) is 18.4 Å². The number of hydrogen-bond acceptors (Lipinski definition) is 4. The Morgan fingerprint density at radius 3 is 2.89 bits per heavy atom. The molecular weight excluding hydrogens is 230 g/mol. The van der Waals surface area contributed by atoms with Crippen LogP contribution in [0.2, 0.25) is 0 Å². The minimum Gasteiger partial charge on any atom is -0.381 e. The van der Waals surface area contributed by atoms with E-state index in [1.54, 1.807) is 6.20 Å². The second-order valence-electron chi connectivity index (χ2n) is 4.54. The molecule has 0 aromatic carbocycles. The van der Waals surface area contributed by atoms with Crippen molar-refractivity contribution >= 4 is 11.7 Å². The Morgan fingerprint density at radius 1 is 1.44 bits per heavy atom. The van der Waals surface area contributed by atoms with Crippen LogP contribution in [0.15, 0.2) is 18.3 Å². The molecule has 2 rings (SSSR count). The fourth-order valence-electron chi connectivity index (χ4n) is 1.87. The highest BCUT2D eigenvalue weighted by molar-refractivity contribution is 5.91. The monoisotopic (exact) mass is 249 g/mol. The van der Waals surface area contributed by atoms with Gasteiger partial charge in [0.15, 0.2) is 0 Å². The minimum atomic E-state index is -0.0576. The molecule has 1 aliphatic heterocycles. The second-order valence-corrected chi connectivity index (χ2v) is 4.54. The SMILES string of the molecule is Cc1ccc(NC(=O)CNC2CCOCC2)nc1. The molecule has 5 nitrogen and oxygen atoms in total. The van der Waals surface area contributed by atoms with Crippen molar-refractivity contribution in [2.45, 2.75) is 25.8 Å². The molecule has 0 bridgehead atoms. The molecule has 1 amide bonds. The summed E-state index contributed by atoms with van der Waals surface area (Å²) in [4.78, 5) is 15.8. The highest BCUT2D eigenvalue weighted by atomic mass is 16.5. The molecule has 0 saturated carbocycles. The molecule has 0 aliphatic carbocycles. The highest BCUT2D eigenvalue weighted by Gasteiger charge is 2.14. The number of aromatic nitrogens is 1. The summed E-state index contributed by atoms with van der Waals surface area (Å²) in [6.07, 6.45) is 3.67. The number of ether oxygens (including phenoxy) is 1. The highest BCUT2D eigenvalue weighted by Crippen LogP contribution is 2.06. The molecule has 1 aliphatic rings. The van der Waals surface area contributed by atoms with Crippen LogP contribution in [0.5, 0.6) is 0 Å². The number of amides is 1. The van der Waals surface area contributed by atoms with Crippen LogP contribution in [-0.4, -0.2) is 36.7 Å². The third-order valence-electron chi connectivity index (χ3n) is 2.95. The Labute approximate surface area is 107 Å². The van der Waals surface area contributed by atoms with E-state index >= 15 is 0 Å². The fourth-order valence-corrected chi connectivity index (χ4v) is 1.87. The van der Waals surface area contributed by atoms with E-state index in [1.165, 1.54) is 0 Å². The number of carbonyl (C=O) groups is 1. The van der Waals surface area contributed by atoms with Gasteiger partial charge in [-0.25, -0.2) is 4.98 Å². The first-order valence-electron chi connectivity index (χ1n) is 6.27. The first-order valence-corrected chi connectivity index (χ1v) is 6.27. The molecule has 2 heterocycles. The van der Waals surface area contributed by atoms with E-state index in [9.17, 15) is 4.79 Å². The number of nitrogens with zero attached hydrogens (tertiary/aromatic N) is 1. The summed E-state index contributed by atoms with van der Waals surface area (Å²) in [6.45, 7) is 3.84. The minimum absolute atomic E-state index is 0.0576. The molecule has 0 atom stereocenters. The van der Waals surface area contributed by atoms with Gasteiger partial charge in [-0.15, -0.1) is 0 Å². The summed E-state index contributed by atoms with van der Waals surface area (Å²) in [5, 5.41) is 6.00. The Hall–Kier alpha value is -1.46. The van der Waals surface area contributed by atoms with Crippen LogP contribution in [-0.2, 0) is 9.53 Å². The summed E-state index contributed by atoms with van der Waals surface area (Å²) in [7, 11) is 0. The zero-order valence-electron chi connectivity index (χ0n) is 10.6. The lowest BCUT2D eigenvalue weighted by atomic mass is 10.1. The molecular formula is C13H19N3O2. The topological polar surface area (TPSA) is 63.2 Å². The fraction of sp³-hybridized carbons (Fsp3) is 0.538. The van der Waals surface area contributed by atoms with Crippen LogP contribution in [0, 0.1) is 6.92 Å². The average Bonchev–Trinajstić information content (AvgIpc) is 2.40. The first kappa shape index (κ1) is 13.0. The van der Waals surface area contributed by atoms with E-state index in [0.717, 1.165) is 31.6 Å². The van der Waals surface area contributed by atoms with Crippen LogP contribution in [0.25, 0.3) is 0 Å². The van der Waals surface area contributed by atoms with Gasteiger partial charge >= 0.3 is 0 Å². The number of hydrogen-bond donors (Lipinski definition) is 2. The first-order chi connectivity index (χ1) is 8.74. The molecule has 0 spiro atoms. The van der Waals surface area contributed by atoms with Crippen molar-refractivity contribution in [3.05, 3.63) is 23.9 Å². The quantitative estimate of drug-likeness (QED) is 0.838.